The van der Waals surface area contributed by atoms with Crippen LogP contribution in [0.3, 0.4) is 0 Å². The first kappa shape index (κ1) is 8.92. The average Bonchev–Trinajstić information content (AvgIpc) is 2.19. The highest BCUT2D eigenvalue weighted by atomic mass is 35.5. The monoisotopic (exact) mass is 149 g/mol. The van der Waals surface area contributed by atoms with Crippen molar-refractivity contribution < 1.29 is 4.79 Å². The summed E-state index contributed by atoms with van der Waals surface area (Å²) in [5, 5.41) is 0. The largest absolute Gasteiger partial charge is 0.302 e. The predicted molar refractivity (Wildman–Crippen MR) is 39.0 cm³/mol. The normalized spacial score (nSPS) is 19.1. The van der Waals surface area contributed by atoms with E-state index < -0.39 is 0 Å². The highest BCUT2D eigenvalue weighted by molar-refractivity contribution is 5.85. The minimum atomic E-state index is 0. The molecule has 3 heteroatoms. The Labute approximate surface area is 61.6 Å². The van der Waals surface area contributed by atoms with E-state index in [0.717, 1.165) is 19.4 Å². The summed E-state index contributed by atoms with van der Waals surface area (Å²) >= 11 is 0. The second-order valence-electron chi connectivity index (χ2n) is 2.17. The molecule has 0 radical (unpaired) electrons. The van der Waals surface area contributed by atoms with Crippen molar-refractivity contribution in [3.8, 4) is 0 Å². The summed E-state index contributed by atoms with van der Waals surface area (Å²) in [5.74, 6) is 0. The van der Waals surface area contributed by atoms with Crippen molar-refractivity contribution in [1.29, 1.82) is 0 Å². The van der Waals surface area contributed by atoms with Gasteiger partial charge in [0.1, 0.15) is 6.29 Å². The number of hydrogen-bond acceptors (Lipinski definition) is 2. The summed E-state index contributed by atoms with van der Waals surface area (Å²) in [6.07, 6.45) is 3.52. The van der Waals surface area contributed by atoms with Crippen molar-refractivity contribution in [3.63, 3.8) is 0 Å². The predicted octanol–water partition coefficient (Wildman–Crippen LogP) is 0.703. The van der Waals surface area contributed by atoms with Gasteiger partial charge < -0.3 is 4.79 Å². The summed E-state index contributed by atoms with van der Waals surface area (Å²) < 4.78 is 0. The van der Waals surface area contributed by atoms with E-state index in [-0.39, 0.29) is 12.4 Å². The molecule has 0 aliphatic carbocycles. The molecule has 1 aliphatic rings. The Morgan fingerprint density at radius 1 is 1.33 bits per heavy atom. The molecule has 0 aromatic heterocycles. The van der Waals surface area contributed by atoms with Gasteiger partial charge in [0.15, 0.2) is 0 Å². The van der Waals surface area contributed by atoms with Crippen LogP contribution in [0.5, 0.6) is 0 Å². The standard InChI is InChI=1S/C6H11NO.ClH/c8-6-5-7-3-1-2-4-7;/h6H,1-5H2;1H. The first-order valence-corrected chi connectivity index (χ1v) is 3.09. The van der Waals surface area contributed by atoms with Crippen LogP contribution in [0.25, 0.3) is 0 Å². The minimum absolute atomic E-state index is 0. The molecular weight excluding hydrogens is 138 g/mol. The fourth-order valence-corrected chi connectivity index (χ4v) is 1.07. The topological polar surface area (TPSA) is 20.3 Å². The average molecular weight is 150 g/mol. The third-order valence-electron chi connectivity index (χ3n) is 1.53. The molecule has 1 heterocycles. The number of hydrogen-bond donors (Lipinski definition) is 0. The Hall–Kier alpha value is -0.0800. The molecule has 0 spiro atoms. The van der Waals surface area contributed by atoms with Crippen molar-refractivity contribution in [2.24, 2.45) is 0 Å². The lowest BCUT2D eigenvalue weighted by molar-refractivity contribution is -0.108. The zero-order valence-corrected chi connectivity index (χ0v) is 6.19. The second-order valence-corrected chi connectivity index (χ2v) is 2.17. The molecule has 0 aromatic rings. The van der Waals surface area contributed by atoms with Gasteiger partial charge in [0.2, 0.25) is 0 Å². The molecule has 0 amide bonds. The van der Waals surface area contributed by atoms with E-state index in [9.17, 15) is 4.79 Å². The number of aldehydes is 1. The van der Waals surface area contributed by atoms with Gasteiger partial charge in [-0.15, -0.1) is 12.4 Å². The lowest BCUT2D eigenvalue weighted by Gasteiger charge is -2.07. The SMILES string of the molecule is Cl.O=CCN1CCCC1. The van der Waals surface area contributed by atoms with E-state index >= 15 is 0 Å². The van der Waals surface area contributed by atoms with Crippen molar-refractivity contribution in [2.75, 3.05) is 19.6 Å². The summed E-state index contributed by atoms with van der Waals surface area (Å²) in [7, 11) is 0. The van der Waals surface area contributed by atoms with Gasteiger partial charge in [0.25, 0.3) is 0 Å². The molecule has 54 valence electrons. The highest BCUT2D eigenvalue weighted by Crippen LogP contribution is 2.04. The number of carbonyl (C=O) groups excluding carboxylic acids is 1. The van der Waals surface area contributed by atoms with Gasteiger partial charge in [-0.1, -0.05) is 0 Å². The quantitative estimate of drug-likeness (QED) is 0.539. The van der Waals surface area contributed by atoms with Crippen LogP contribution in [0, 0.1) is 0 Å². The fraction of sp³-hybridized carbons (Fsp3) is 0.833. The lowest BCUT2D eigenvalue weighted by Crippen LogP contribution is -2.20. The Morgan fingerprint density at radius 2 is 1.89 bits per heavy atom. The van der Waals surface area contributed by atoms with Gasteiger partial charge in [0, 0.05) is 0 Å². The molecule has 1 rings (SSSR count). The minimum Gasteiger partial charge on any atom is -0.302 e. The molecule has 2 nitrogen and oxygen atoms in total. The smallest absolute Gasteiger partial charge is 0.133 e. The van der Waals surface area contributed by atoms with Gasteiger partial charge in [-0.3, -0.25) is 4.90 Å². The van der Waals surface area contributed by atoms with Crippen LogP contribution < -0.4 is 0 Å². The Morgan fingerprint density at radius 3 is 2.33 bits per heavy atom. The van der Waals surface area contributed by atoms with Crippen LogP contribution in [-0.2, 0) is 4.79 Å². The van der Waals surface area contributed by atoms with E-state index in [2.05, 4.69) is 4.90 Å². The second kappa shape index (κ2) is 4.77. The molecule has 0 unspecified atom stereocenters. The first-order chi connectivity index (χ1) is 3.93. The van der Waals surface area contributed by atoms with Gasteiger partial charge in [0.05, 0.1) is 6.54 Å². The van der Waals surface area contributed by atoms with E-state index in [1.165, 1.54) is 12.8 Å². The van der Waals surface area contributed by atoms with Crippen LogP contribution in [0.1, 0.15) is 12.8 Å². The third kappa shape index (κ3) is 2.82. The first-order valence-electron chi connectivity index (χ1n) is 3.09. The molecule has 0 aromatic carbocycles. The van der Waals surface area contributed by atoms with Gasteiger partial charge >= 0.3 is 0 Å². The van der Waals surface area contributed by atoms with Crippen LogP contribution in [-0.4, -0.2) is 30.8 Å². The number of nitrogens with zero attached hydrogens (tertiary/aromatic N) is 1. The maximum atomic E-state index is 9.92. The summed E-state index contributed by atoms with van der Waals surface area (Å²) in [6, 6.07) is 0. The molecule has 0 N–H and O–H groups in total. The van der Waals surface area contributed by atoms with E-state index in [0.29, 0.717) is 6.54 Å². The van der Waals surface area contributed by atoms with Crippen LogP contribution in [0.2, 0.25) is 0 Å². The van der Waals surface area contributed by atoms with Crippen molar-refractivity contribution >= 4 is 18.7 Å². The zero-order valence-electron chi connectivity index (χ0n) is 5.38. The van der Waals surface area contributed by atoms with E-state index in [1.54, 1.807) is 0 Å². The molecule has 0 bridgehead atoms. The zero-order chi connectivity index (χ0) is 5.82. The molecule has 1 aliphatic heterocycles. The lowest BCUT2D eigenvalue weighted by atomic mass is 10.4. The van der Waals surface area contributed by atoms with Gasteiger partial charge in [-0.25, -0.2) is 0 Å². The number of carbonyl (C=O) groups is 1. The maximum Gasteiger partial charge on any atom is 0.133 e. The van der Waals surface area contributed by atoms with E-state index in [4.69, 9.17) is 0 Å². The summed E-state index contributed by atoms with van der Waals surface area (Å²) in [4.78, 5) is 12.1. The molecular formula is C6H12ClNO. The summed E-state index contributed by atoms with van der Waals surface area (Å²) in [5.41, 5.74) is 0. The number of likely N-dealkylation sites (tertiary alicyclic amines) is 1. The third-order valence-corrected chi connectivity index (χ3v) is 1.53. The Balaban J connectivity index is 0.000000640. The van der Waals surface area contributed by atoms with Crippen LogP contribution in [0.4, 0.5) is 0 Å². The fourth-order valence-electron chi connectivity index (χ4n) is 1.07. The Kier molecular flexibility index (Phi) is 4.72. The van der Waals surface area contributed by atoms with E-state index in [1.807, 2.05) is 0 Å². The van der Waals surface area contributed by atoms with Crippen molar-refractivity contribution in [1.82, 2.24) is 4.90 Å². The number of halogens is 1. The summed E-state index contributed by atoms with van der Waals surface area (Å²) in [6.45, 7) is 2.89. The van der Waals surface area contributed by atoms with Crippen molar-refractivity contribution in [2.45, 2.75) is 12.8 Å². The maximum absolute atomic E-state index is 9.92. The van der Waals surface area contributed by atoms with Gasteiger partial charge in [-0.05, 0) is 25.9 Å². The molecule has 9 heavy (non-hydrogen) atoms. The Bertz CT molecular complexity index is 81.1. The molecule has 0 atom stereocenters. The molecule has 1 fully saturated rings. The van der Waals surface area contributed by atoms with Crippen LogP contribution in [0.15, 0.2) is 0 Å². The molecule has 0 saturated carbocycles. The molecule has 1 saturated heterocycles. The highest BCUT2D eigenvalue weighted by Gasteiger charge is 2.08. The van der Waals surface area contributed by atoms with Crippen LogP contribution >= 0.6 is 12.4 Å². The number of rotatable bonds is 2. The van der Waals surface area contributed by atoms with Crippen molar-refractivity contribution in [3.05, 3.63) is 0 Å². The van der Waals surface area contributed by atoms with Gasteiger partial charge in [-0.2, -0.15) is 0 Å².